The van der Waals surface area contributed by atoms with Crippen LogP contribution in [0.2, 0.25) is 0 Å². The number of aromatic nitrogens is 1. The van der Waals surface area contributed by atoms with Crippen LogP contribution in [0.4, 0.5) is 0 Å². The minimum atomic E-state index is -0.327. The molecule has 14 heavy (non-hydrogen) atoms. The number of thioether (sulfide) groups is 1. The van der Waals surface area contributed by atoms with Gasteiger partial charge in [-0.25, -0.2) is 0 Å². The summed E-state index contributed by atoms with van der Waals surface area (Å²) in [5, 5.41) is 9.30. The number of hydrogen-bond donors (Lipinski definition) is 0. The van der Waals surface area contributed by atoms with E-state index < -0.39 is 0 Å². The molecule has 0 aliphatic carbocycles. The summed E-state index contributed by atoms with van der Waals surface area (Å²) in [6.07, 6.45) is 6.91. The molecule has 1 fully saturated rings. The van der Waals surface area contributed by atoms with E-state index in [4.69, 9.17) is 0 Å². The van der Waals surface area contributed by atoms with Gasteiger partial charge in [-0.3, -0.25) is 4.98 Å². The molecule has 0 radical (unpaired) electrons. The van der Waals surface area contributed by atoms with Gasteiger partial charge < -0.3 is 0 Å². The highest BCUT2D eigenvalue weighted by atomic mass is 32.2. The Morgan fingerprint density at radius 3 is 3.00 bits per heavy atom. The lowest BCUT2D eigenvalue weighted by atomic mass is 9.95. The number of nitriles is 1. The first kappa shape index (κ1) is 9.54. The number of pyridine rings is 1. The molecule has 0 amide bonds. The third-order valence-corrected chi connectivity index (χ3v) is 4.10. The van der Waals surface area contributed by atoms with Gasteiger partial charge in [-0.15, -0.1) is 11.8 Å². The summed E-state index contributed by atoms with van der Waals surface area (Å²) in [6.45, 7) is 0. The van der Waals surface area contributed by atoms with Crippen molar-refractivity contribution in [2.24, 2.45) is 0 Å². The zero-order valence-electron chi connectivity index (χ0n) is 7.94. The van der Waals surface area contributed by atoms with Crippen LogP contribution in [-0.2, 0) is 4.75 Å². The largest absolute Gasteiger partial charge is 0.264 e. The normalized spacial score (nSPS) is 26.8. The second kappa shape index (κ2) is 4.02. The maximum absolute atomic E-state index is 9.30. The lowest BCUT2D eigenvalue weighted by Gasteiger charge is -2.29. The Kier molecular flexibility index (Phi) is 2.74. The fraction of sp³-hybridized carbons (Fsp3) is 0.455. The summed E-state index contributed by atoms with van der Waals surface area (Å²) in [7, 11) is 0. The van der Waals surface area contributed by atoms with E-state index in [1.165, 1.54) is 6.42 Å². The molecule has 0 N–H and O–H groups in total. The zero-order chi connectivity index (χ0) is 9.86. The Balaban J connectivity index is 2.33. The van der Waals surface area contributed by atoms with Crippen LogP contribution < -0.4 is 0 Å². The highest BCUT2D eigenvalue weighted by molar-refractivity contribution is 8.00. The summed E-state index contributed by atoms with van der Waals surface area (Å²) in [6, 6.07) is 6.37. The van der Waals surface area contributed by atoms with Crippen molar-refractivity contribution >= 4 is 11.8 Å². The second-order valence-corrected chi connectivity index (χ2v) is 4.88. The van der Waals surface area contributed by atoms with Crippen molar-refractivity contribution < 1.29 is 0 Å². The molecule has 0 spiro atoms. The van der Waals surface area contributed by atoms with Crippen LogP contribution in [-0.4, -0.2) is 10.7 Å². The second-order valence-electron chi connectivity index (χ2n) is 3.49. The lowest BCUT2D eigenvalue weighted by Crippen LogP contribution is -2.23. The summed E-state index contributed by atoms with van der Waals surface area (Å²) in [4.78, 5) is 4.09. The van der Waals surface area contributed by atoms with Gasteiger partial charge in [0, 0.05) is 18.0 Å². The third-order valence-electron chi connectivity index (χ3n) is 2.58. The first-order chi connectivity index (χ1) is 6.87. The Labute approximate surface area is 88.4 Å². The molecule has 2 rings (SSSR count). The topological polar surface area (TPSA) is 36.7 Å². The Morgan fingerprint density at radius 2 is 2.43 bits per heavy atom. The highest BCUT2D eigenvalue weighted by Gasteiger charge is 2.34. The van der Waals surface area contributed by atoms with Crippen molar-refractivity contribution in [1.82, 2.24) is 4.98 Å². The maximum atomic E-state index is 9.30. The van der Waals surface area contributed by atoms with Crippen LogP contribution in [0.1, 0.15) is 24.8 Å². The first-order valence-electron chi connectivity index (χ1n) is 4.83. The Morgan fingerprint density at radius 1 is 1.50 bits per heavy atom. The van der Waals surface area contributed by atoms with Gasteiger partial charge >= 0.3 is 0 Å². The number of nitrogens with zero attached hydrogens (tertiary/aromatic N) is 2. The zero-order valence-corrected chi connectivity index (χ0v) is 8.76. The van der Waals surface area contributed by atoms with Gasteiger partial charge in [0.05, 0.1) is 6.07 Å². The van der Waals surface area contributed by atoms with E-state index in [9.17, 15) is 5.26 Å². The smallest absolute Gasteiger partial charge is 0.129 e. The number of hydrogen-bond acceptors (Lipinski definition) is 3. The standard InChI is InChI=1S/C11H12N2S/c12-9-11(5-1-2-7-14-11)10-4-3-6-13-8-10/h3-4,6,8H,1-2,5,7H2. The monoisotopic (exact) mass is 204 g/mol. The fourth-order valence-corrected chi connectivity index (χ4v) is 3.11. The van der Waals surface area contributed by atoms with Crippen LogP contribution in [0.15, 0.2) is 24.5 Å². The summed E-state index contributed by atoms with van der Waals surface area (Å²) in [5.74, 6) is 1.09. The van der Waals surface area contributed by atoms with Gasteiger partial charge in [0.15, 0.2) is 0 Å². The Bertz CT molecular complexity index is 336. The molecule has 1 aliphatic heterocycles. The predicted octanol–water partition coefficient (Wildman–Crippen LogP) is 2.72. The first-order valence-corrected chi connectivity index (χ1v) is 5.82. The van der Waals surface area contributed by atoms with Gasteiger partial charge in [0.2, 0.25) is 0 Å². The van der Waals surface area contributed by atoms with Crippen LogP contribution in [0, 0.1) is 11.3 Å². The molecule has 0 aromatic carbocycles. The molecule has 2 heterocycles. The predicted molar refractivity (Wildman–Crippen MR) is 57.8 cm³/mol. The van der Waals surface area contributed by atoms with Gasteiger partial charge in [0.1, 0.15) is 4.75 Å². The van der Waals surface area contributed by atoms with Crippen molar-refractivity contribution in [2.45, 2.75) is 24.0 Å². The van der Waals surface area contributed by atoms with Crippen LogP contribution >= 0.6 is 11.8 Å². The average molecular weight is 204 g/mol. The molecular weight excluding hydrogens is 192 g/mol. The quantitative estimate of drug-likeness (QED) is 0.705. The van der Waals surface area contributed by atoms with E-state index in [0.29, 0.717) is 0 Å². The van der Waals surface area contributed by atoms with Crippen molar-refractivity contribution in [1.29, 1.82) is 5.26 Å². The molecule has 0 saturated carbocycles. The summed E-state index contributed by atoms with van der Waals surface area (Å²) in [5.41, 5.74) is 1.06. The SMILES string of the molecule is N#CC1(c2cccnc2)CCCCS1. The Hall–Kier alpha value is -1.01. The van der Waals surface area contributed by atoms with Crippen molar-refractivity contribution in [3.63, 3.8) is 0 Å². The maximum Gasteiger partial charge on any atom is 0.129 e. The van der Waals surface area contributed by atoms with Crippen LogP contribution in [0.25, 0.3) is 0 Å². The fourth-order valence-electron chi connectivity index (χ4n) is 1.78. The summed E-state index contributed by atoms with van der Waals surface area (Å²) >= 11 is 1.76. The van der Waals surface area contributed by atoms with Gasteiger partial charge in [-0.2, -0.15) is 5.26 Å². The molecule has 1 aromatic heterocycles. The molecule has 3 heteroatoms. The van der Waals surface area contributed by atoms with E-state index in [2.05, 4.69) is 11.1 Å². The van der Waals surface area contributed by atoms with E-state index in [1.54, 1.807) is 18.0 Å². The summed E-state index contributed by atoms with van der Waals surface area (Å²) < 4.78 is -0.327. The van der Waals surface area contributed by atoms with Crippen molar-refractivity contribution in [2.75, 3.05) is 5.75 Å². The minimum Gasteiger partial charge on any atom is -0.264 e. The van der Waals surface area contributed by atoms with E-state index >= 15 is 0 Å². The average Bonchev–Trinajstić information content (AvgIpc) is 2.31. The third kappa shape index (κ3) is 1.62. The molecular formula is C11H12N2S. The molecule has 1 saturated heterocycles. The molecule has 1 aliphatic rings. The van der Waals surface area contributed by atoms with Crippen LogP contribution in [0.5, 0.6) is 0 Å². The molecule has 1 atom stereocenters. The minimum absolute atomic E-state index is 0.327. The van der Waals surface area contributed by atoms with Crippen LogP contribution in [0.3, 0.4) is 0 Å². The van der Waals surface area contributed by atoms with E-state index in [1.807, 2.05) is 18.3 Å². The van der Waals surface area contributed by atoms with Gasteiger partial charge in [-0.05, 0) is 31.1 Å². The lowest BCUT2D eigenvalue weighted by molar-refractivity contribution is 0.610. The molecule has 1 aromatic rings. The molecule has 72 valence electrons. The molecule has 0 bridgehead atoms. The van der Waals surface area contributed by atoms with E-state index in [-0.39, 0.29) is 4.75 Å². The van der Waals surface area contributed by atoms with Crippen molar-refractivity contribution in [3.05, 3.63) is 30.1 Å². The molecule has 2 nitrogen and oxygen atoms in total. The number of rotatable bonds is 1. The highest BCUT2D eigenvalue weighted by Crippen LogP contribution is 2.43. The van der Waals surface area contributed by atoms with Gasteiger partial charge in [0.25, 0.3) is 0 Å². The van der Waals surface area contributed by atoms with Crippen molar-refractivity contribution in [3.8, 4) is 6.07 Å². The molecule has 1 unspecified atom stereocenters. The van der Waals surface area contributed by atoms with E-state index in [0.717, 1.165) is 24.2 Å². The van der Waals surface area contributed by atoms with Gasteiger partial charge in [-0.1, -0.05) is 6.07 Å².